The highest BCUT2D eigenvalue weighted by atomic mass is 16.5. The van der Waals surface area contributed by atoms with Gasteiger partial charge in [0.1, 0.15) is 5.75 Å². The van der Waals surface area contributed by atoms with Gasteiger partial charge < -0.3 is 15.0 Å². The molecular weight excluding hydrogens is 400 g/mol. The van der Waals surface area contributed by atoms with Crippen molar-refractivity contribution in [2.45, 2.75) is 12.8 Å². The molecule has 3 aromatic rings. The largest absolute Gasteiger partial charge is 0.497 e. The van der Waals surface area contributed by atoms with Crippen molar-refractivity contribution in [3.8, 4) is 16.9 Å². The van der Waals surface area contributed by atoms with Crippen molar-refractivity contribution in [3.63, 3.8) is 0 Å². The third kappa shape index (κ3) is 5.35. The number of carbonyl (C=O) groups is 2. The Bertz CT molecular complexity index is 1080. The number of carbonyl (C=O) groups excluding carboxylic acids is 2. The first-order valence-corrected chi connectivity index (χ1v) is 10.9. The van der Waals surface area contributed by atoms with E-state index < -0.39 is 0 Å². The van der Waals surface area contributed by atoms with Gasteiger partial charge in [-0.2, -0.15) is 0 Å². The molecule has 1 N–H and O–H groups in total. The highest BCUT2D eigenvalue weighted by molar-refractivity contribution is 5.83. The lowest BCUT2D eigenvalue weighted by Crippen LogP contribution is -2.38. The van der Waals surface area contributed by atoms with Gasteiger partial charge >= 0.3 is 0 Å². The van der Waals surface area contributed by atoms with Crippen molar-refractivity contribution >= 4 is 11.8 Å². The Hall–Kier alpha value is -3.60. The minimum absolute atomic E-state index is 0.00629. The summed E-state index contributed by atoms with van der Waals surface area (Å²) in [4.78, 5) is 27.4. The number of ether oxygens (including phenoxy) is 1. The maximum absolute atomic E-state index is 12.9. The van der Waals surface area contributed by atoms with Crippen LogP contribution in [0.25, 0.3) is 11.1 Å². The molecule has 32 heavy (non-hydrogen) atoms. The molecule has 0 unspecified atom stereocenters. The summed E-state index contributed by atoms with van der Waals surface area (Å²) in [6.07, 6.45) is 0.936. The average molecular weight is 429 g/mol. The third-order valence-corrected chi connectivity index (χ3v) is 5.86. The van der Waals surface area contributed by atoms with Crippen LogP contribution in [0, 0.1) is 5.92 Å². The van der Waals surface area contributed by atoms with Gasteiger partial charge in [0.25, 0.3) is 0 Å². The predicted octanol–water partition coefficient (Wildman–Crippen LogP) is 3.72. The molecule has 1 fully saturated rings. The lowest BCUT2D eigenvalue weighted by Gasteiger charge is -2.23. The third-order valence-electron chi connectivity index (χ3n) is 5.86. The van der Waals surface area contributed by atoms with Gasteiger partial charge in [0.05, 0.1) is 19.4 Å². The minimum atomic E-state index is -0.280. The lowest BCUT2D eigenvalue weighted by atomic mass is 9.95. The molecule has 0 aromatic heterocycles. The summed E-state index contributed by atoms with van der Waals surface area (Å²) in [5.74, 6) is 0.594. The van der Waals surface area contributed by atoms with E-state index in [1.54, 1.807) is 7.11 Å². The molecule has 2 amide bonds. The van der Waals surface area contributed by atoms with Crippen molar-refractivity contribution in [2.24, 2.45) is 5.92 Å². The number of hydrogen-bond donors (Lipinski definition) is 1. The monoisotopic (exact) mass is 428 g/mol. The normalized spacial score (nSPS) is 16.2. The second-order valence-electron chi connectivity index (χ2n) is 8.13. The van der Waals surface area contributed by atoms with E-state index in [0.717, 1.165) is 28.0 Å². The second-order valence-corrected chi connectivity index (χ2v) is 8.13. The van der Waals surface area contributed by atoms with Crippen LogP contribution in [0.5, 0.6) is 5.75 Å². The van der Waals surface area contributed by atoms with Crippen LogP contribution in [0.1, 0.15) is 11.1 Å². The van der Waals surface area contributed by atoms with Crippen molar-refractivity contribution in [2.75, 3.05) is 26.7 Å². The summed E-state index contributed by atoms with van der Waals surface area (Å²) < 4.78 is 5.34. The molecule has 1 heterocycles. The SMILES string of the molecule is COc1cccc(-c2cccc(C[C@@H]3CN(C(=O)Cc4ccccc4)CCNC3=O)c2)c1. The molecule has 5 nitrogen and oxygen atoms in total. The summed E-state index contributed by atoms with van der Waals surface area (Å²) in [6, 6.07) is 25.9. The van der Waals surface area contributed by atoms with Gasteiger partial charge in [0, 0.05) is 19.6 Å². The minimum Gasteiger partial charge on any atom is -0.497 e. The van der Waals surface area contributed by atoms with Gasteiger partial charge in [-0.3, -0.25) is 9.59 Å². The Kier molecular flexibility index (Phi) is 6.85. The molecule has 5 heteroatoms. The van der Waals surface area contributed by atoms with Gasteiger partial charge in [0.2, 0.25) is 11.8 Å². The molecule has 1 aliphatic heterocycles. The first-order chi connectivity index (χ1) is 15.6. The average Bonchev–Trinajstić information content (AvgIpc) is 3.01. The quantitative estimate of drug-likeness (QED) is 0.651. The fourth-order valence-corrected chi connectivity index (χ4v) is 4.13. The summed E-state index contributed by atoms with van der Waals surface area (Å²) in [7, 11) is 1.66. The zero-order valence-electron chi connectivity index (χ0n) is 18.3. The molecule has 1 atom stereocenters. The number of benzene rings is 3. The topological polar surface area (TPSA) is 58.6 Å². The van der Waals surface area contributed by atoms with Crippen molar-refractivity contribution < 1.29 is 14.3 Å². The zero-order valence-corrected chi connectivity index (χ0v) is 18.3. The summed E-state index contributed by atoms with van der Waals surface area (Å²) >= 11 is 0. The van der Waals surface area contributed by atoms with E-state index >= 15 is 0 Å². The molecular formula is C27H28N2O3. The Morgan fingerprint density at radius 2 is 1.69 bits per heavy atom. The van der Waals surface area contributed by atoms with Crippen LogP contribution in [0.4, 0.5) is 0 Å². The fraction of sp³-hybridized carbons (Fsp3) is 0.259. The molecule has 0 saturated carbocycles. The zero-order chi connectivity index (χ0) is 22.3. The fourth-order valence-electron chi connectivity index (χ4n) is 4.13. The van der Waals surface area contributed by atoms with E-state index in [-0.39, 0.29) is 17.7 Å². The number of hydrogen-bond acceptors (Lipinski definition) is 3. The number of nitrogens with one attached hydrogen (secondary N) is 1. The number of nitrogens with zero attached hydrogens (tertiary/aromatic N) is 1. The highest BCUT2D eigenvalue weighted by Gasteiger charge is 2.27. The van der Waals surface area contributed by atoms with Crippen LogP contribution in [-0.4, -0.2) is 43.5 Å². The van der Waals surface area contributed by atoms with Crippen molar-refractivity contribution in [3.05, 3.63) is 90.0 Å². The Morgan fingerprint density at radius 1 is 0.969 bits per heavy atom. The molecule has 1 aliphatic rings. The molecule has 0 spiro atoms. The van der Waals surface area contributed by atoms with Crippen LogP contribution in [-0.2, 0) is 22.4 Å². The molecule has 4 rings (SSSR count). The molecule has 1 saturated heterocycles. The van der Waals surface area contributed by atoms with Gasteiger partial charge in [-0.1, -0.05) is 66.7 Å². The number of methoxy groups -OCH3 is 1. The maximum Gasteiger partial charge on any atom is 0.227 e. The van der Waals surface area contributed by atoms with Crippen molar-refractivity contribution in [1.82, 2.24) is 10.2 Å². The van der Waals surface area contributed by atoms with Gasteiger partial charge in [-0.25, -0.2) is 0 Å². The summed E-state index contributed by atoms with van der Waals surface area (Å²) in [5, 5.41) is 2.98. The first kappa shape index (κ1) is 21.6. The van der Waals surface area contributed by atoms with Crippen LogP contribution < -0.4 is 10.1 Å². The van der Waals surface area contributed by atoms with E-state index in [1.807, 2.05) is 71.6 Å². The maximum atomic E-state index is 12.9. The van der Waals surface area contributed by atoms with Gasteiger partial charge in [-0.05, 0) is 40.8 Å². The molecule has 0 bridgehead atoms. The number of rotatable bonds is 6. The van der Waals surface area contributed by atoms with E-state index in [2.05, 4.69) is 17.4 Å². The van der Waals surface area contributed by atoms with E-state index in [1.165, 1.54) is 0 Å². The van der Waals surface area contributed by atoms with Crippen LogP contribution in [0.15, 0.2) is 78.9 Å². The summed E-state index contributed by atoms with van der Waals surface area (Å²) in [5.41, 5.74) is 4.20. The van der Waals surface area contributed by atoms with E-state index in [0.29, 0.717) is 32.5 Å². The van der Waals surface area contributed by atoms with Gasteiger partial charge in [-0.15, -0.1) is 0 Å². The smallest absolute Gasteiger partial charge is 0.227 e. The van der Waals surface area contributed by atoms with Crippen LogP contribution >= 0.6 is 0 Å². The Morgan fingerprint density at radius 3 is 2.47 bits per heavy atom. The summed E-state index contributed by atoms with van der Waals surface area (Å²) in [6.45, 7) is 1.46. The molecule has 0 aliphatic carbocycles. The van der Waals surface area contributed by atoms with Crippen molar-refractivity contribution in [1.29, 1.82) is 0 Å². The molecule has 0 radical (unpaired) electrons. The Labute approximate surface area is 189 Å². The van der Waals surface area contributed by atoms with Crippen LogP contribution in [0.3, 0.4) is 0 Å². The Balaban J connectivity index is 1.48. The van der Waals surface area contributed by atoms with E-state index in [4.69, 9.17) is 4.74 Å². The highest BCUT2D eigenvalue weighted by Crippen LogP contribution is 2.25. The standard InChI is InChI=1S/C27H28N2O3/c1-32-25-12-6-11-23(18-25)22-10-5-9-21(15-22)16-24-19-29(14-13-28-27(24)31)26(30)17-20-7-3-2-4-8-20/h2-12,15,18,24H,13-14,16-17,19H2,1H3,(H,28,31)/t24-/m1/s1. The second kappa shape index (κ2) is 10.1. The molecule has 164 valence electrons. The first-order valence-electron chi connectivity index (χ1n) is 10.9. The predicted molar refractivity (Wildman–Crippen MR) is 125 cm³/mol. The lowest BCUT2D eigenvalue weighted by molar-refractivity contribution is -0.131. The number of amides is 2. The van der Waals surface area contributed by atoms with Crippen LogP contribution in [0.2, 0.25) is 0 Å². The van der Waals surface area contributed by atoms with E-state index in [9.17, 15) is 9.59 Å². The van der Waals surface area contributed by atoms with Gasteiger partial charge in [0.15, 0.2) is 0 Å². The molecule has 3 aromatic carbocycles.